The molecule has 132 valence electrons. The lowest BCUT2D eigenvalue weighted by molar-refractivity contribution is -0.143. The van der Waals surface area contributed by atoms with E-state index in [1.807, 2.05) is 0 Å². The minimum Gasteiger partial charge on any atom is -0.392 e. The molecular formula is C21H35BrO. The van der Waals surface area contributed by atoms with Crippen LogP contribution >= 0.6 is 15.9 Å². The van der Waals surface area contributed by atoms with Crippen LogP contribution in [0.2, 0.25) is 0 Å². The number of alkyl halides is 1. The van der Waals surface area contributed by atoms with E-state index in [4.69, 9.17) is 0 Å². The van der Waals surface area contributed by atoms with E-state index < -0.39 is 0 Å². The maximum atomic E-state index is 11.4. The third-order valence-corrected chi connectivity index (χ3v) is 11.4. The second kappa shape index (κ2) is 5.47. The van der Waals surface area contributed by atoms with Gasteiger partial charge in [0.15, 0.2) is 0 Å². The second-order valence-corrected chi connectivity index (χ2v) is 11.1. The molecule has 4 rings (SSSR count). The maximum absolute atomic E-state index is 11.4. The van der Waals surface area contributed by atoms with E-state index in [1.165, 1.54) is 57.8 Å². The highest BCUT2D eigenvalue weighted by Crippen LogP contribution is 2.71. The fourth-order valence-electron chi connectivity index (χ4n) is 8.07. The van der Waals surface area contributed by atoms with Gasteiger partial charge >= 0.3 is 0 Å². The van der Waals surface area contributed by atoms with Crippen molar-refractivity contribution in [3.05, 3.63) is 0 Å². The first-order valence-electron chi connectivity index (χ1n) is 10.2. The summed E-state index contributed by atoms with van der Waals surface area (Å²) in [5.41, 5.74) is 0.688. The molecule has 0 spiro atoms. The topological polar surface area (TPSA) is 20.2 Å². The zero-order chi connectivity index (χ0) is 16.5. The second-order valence-electron chi connectivity index (χ2n) is 9.83. The van der Waals surface area contributed by atoms with Gasteiger partial charge in [-0.05, 0) is 79.4 Å². The van der Waals surface area contributed by atoms with Crippen molar-refractivity contribution in [3.63, 3.8) is 0 Å². The van der Waals surface area contributed by atoms with E-state index >= 15 is 0 Å². The molecule has 4 aliphatic carbocycles. The van der Waals surface area contributed by atoms with Crippen LogP contribution in [0, 0.1) is 34.5 Å². The highest BCUT2D eigenvalue weighted by Gasteiger charge is 2.69. The highest BCUT2D eigenvalue weighted by atomic mass is 79.9. The molecule has 8 atom stereocenters. The summed E-state index contributed by atoms with van der Waals surface area (Å²) in [6.07, 6.45) is 13.2. The van der Waals surface area contributed by atoms with Crippen LogP contribution in [0.25, 0.3) is 0 Å². The van der Waals surface area contributed by atoms with Gasteiger partial charge in [0.05, 0.1) is 10.4 Å². The third-order valence-electron chi connectivity index (χ3n) is 9.34. The van der Waals surface area contributed by atoms with Crippen LogP contribution in [-0.2, 0) is 0 Å². The molecule has 0 bridgehead atoms. The summed E-state index contributed by atoms with van der Waals surface area (Å²) < 4.78 is -0.0177. The van der Waals surface area contributed by atoms with Gasteiger partial charge in [-0.2, -0.15) is 0 Å². The Bertz CT molecular complexity index is 478. The van der Waals surface area contributed by atoms with Crippen molar-refractivity contribution in [1.29, 1.82) is 0 Å². The monoisotopic (exact) mass is 382 g/mol. The van der Waals surface area contributed by atoms with Gasteiger partial charge in [-0.3, -0.25) is 0 Å². The van der Waals surface area contributed by atoms with Crippen molar-refractivity contribution in [2.24, 2.45) is 34.5 Å². The highest BCUT2D eigenvalue weighted by molar-refractivity contribution is 9.10. The molecule has 1 unspecified atom stereocenters. The van der Waals surface area contributed by atoms with E-state index in [0.717, 1.165) is 24.2 Å². The first kappa shape index (κ1) is 16.9. The van der Waals surface area contributed by atoms with Gasteiger partial charge in [0.1, 0.15) is 0 Å². The van der Waals surface area contributed by atoms with Gasteiger partial charge in [-0.25, -0.2) is 0 Å². The molecule has 0 amide bonds. The van der Waals surface area contributed by atoms with Crippen molar-refractivity contribution in [1.82, 2.24) is 0 Å². The van der Waals surface area contributed by atoms with E-state index in [1.54, 1.807) is 0 Å². The van der Waals surface area contributed by atoms with Crippen LogP contribution in [0.4, 0.5) is 0 Å². The lowest BCUT2D eigenvalue weighted by atomic mass is 9.44. The summed E-state index contributed by atoms with van der Waals surface area (Å²) in [6, 6.07) is 0. The molecule has 0 radical (unpaired) electrons. The van der Waals surface area contributed by atoms with Crippen molar-refractivity contribution in [2.45, 2.75) is 95.4 Å². The molecule has 4 saturated carbocycles. The van der Waals surface area contributed by atoms with Gasteiger partial charge < -0.3 is 5.11 Å². The van der Waals surface area contributed by atoms with Crippen molar-refractivity contribution >= 4 is 15.9 Å². The Hall–Kier alpha value is 0.440. The Balaban J connectivity index is 1.75. The fourth-order valence-corrected chi connectivity index (χ4v) is 9.30. The Morgan fingerprint density at radius 1 is 1.00 bits per heavy atom. The SMILES string of the molecule is CC[C@H]1CC[C@H]2[C@@H]3CCC4CCCC[C@]4(C)[C@@]3(Br)[C@@H](O)C[C@]12C. The first-order valence-corrected chi connectivity index (χ1v) is 11.0. The quantitative estimate of drug-likeness (QED) is 0.556. The number of rotatable bonds is 1. The maximum Gasteiger partial charge on any atom is 0.0706 e. The van der Waals surface area contributed by atoms with Gasteiger partial charge in [0, 0.05) is 0 Å². The van der Waals surface area contributed by atoms with Crippen LogP contribution in [0.15, 0.2) is 0 Å². The van der Waals surface area contributed by atoms with Gasteiger partial charge in [-0.1, -0.05) is 56.0 Å². The molecule has 2 heteroatoms. The average Bonchev–Trinajstić information content (AvgIpc) is 2.84. The standard InChI is InChI=1S/C21H35BrO/c1-4-14-8-10-16-17-11-9-15-7-5-6-12-20(15,3)21(17,22)18(23)13-19(14,16)2/h14-18,23H,4-13H2,1-3H3/t14-,15?,16-,17-,18-,19+,20-,21-/m0/s1. The summed E-state index contributed by atoms with van der Waals surface area (Å²) >= 11 is 4.29. The van der Waals surface area contributed by atoms with Gasteiger partial charge in [0.2, 0.25) is 0 Å². The van der Waals surface area contributed by atoms with Crippen LogP contribution in [0.1, 0.15) is 85.0 Å². The van der Waals surface area contributed by atoms with Gasteiger partial charge in [0.25, 0.3) is 0 Å². The van der Waals surface area contributed by atoms with E-state index in [-0.39, 0.29) is 10.4 Å². The van der Waals surface area contributed by atoms with Crippen molar-refractivity contribution in [2.75, 3.05) is 0 Å². The summed E-state index contributed by atoms with van der Waals surface area (Å²) in [4.78, 5) is 0. The van der Waals surface area contributed by atoms with Gasteiger partial charge in [-0.15, -0.1) is 0 Å². The lowest BCUT2D eigenvalue weighted by Gasteiger charge is -2.66. The molecule has 0 aromatic rings. The summed E-state index contributed by atoms with van der Waals surface area (Å²) in [5, 5.41) is 11.4. The van der Waals surface area contributed by atoms with Crippen molar-refractivity contribution in [3.8, 4) is 0 Å². The predicted molar refractivity (Wildman–Crippen MR) is 99.7 cm³/mol. The number of hydrogen-bond donors (Lipinski definition) is 1. The number of aliphatic hydroxyl groups excluding tert-OH is 1. The summed E-state index contributed by atoms with van der Waals surface area (Å²) in [6.45, 7) is 7.40. The smallest absolute Gasteiger partial charge is 0.0706 e. The third kappa shape index (κ3) is 2.00. The van der Waals surface area contributed by atoms with Crippen molar-refractivity contribution < 1.29 is 5.11 Å². The molecule has 0 saturated heterocycles. The molecule has 0 aromatic heterocycles. The normalized spacial score (nSPS) is 59.1. The average molecular weight is 383 g/mol. The number of aliphatic hydroxyl groups is 1. The molecule has 1 nitrogen and oxygen atoms in total. The molecule has 0 aliphatic heterocycles. The fraction of sp³-hybridized carbons (Fsp3) is 1.00. The van der Waals surface area contributed by atoms with Crippen LogP contribution in [0.3, 0.4) is 0 Å². The Morgan fingerprint density at radius 3 is 2.48 bits per heavy atom. The Labute approximate surface area is 151 Å². The Kier molecular flexibility index (Phi) is 4.01. The lowest BCUT2D eigenvalue weighted by Crippen LogP contribution is -2.67. The van der Waals surface area contributed by atoms with E-state index in [9.17, 15) is 5.11 Å². The molecule has 1 N–H and O–H groups in total. The Morgan fingerprint density at radius 2 is 1.74 bits per heavy atom. The molecule has 0 heterocycles. The van der Waals surface area contributed by atoms with E-state index in [0.29, 0.717) is 16.7 Å². The zero-order valence-corrected chi connectivity index (χ0v) is 16.9. The van der Waals surface area contributed by atoms with Crippen LogP contribution in [-0.4, -0.2) is 15.5 Å². The zero-order valence-electron chi connectivity index (χ0n) is 15.3. The largest absolute Gasteiger partial charge is 0.392 e. The minimum atomic E-state index is -0.160. The summed E-state index contributed by atoms with van der Waals surface area (Å²) in [5.74, 6) is 3.17. The first-order chi connectivity index (χ1) is 10.9. The van der Waals surface area contributed by atoms with Crippen LogP contribution in [0.5, 0.6) is 0 Å². The minimum absolute atomic E-state index is 0.0177. The number of fused-ring (bicyclic) bond motifs is 5. The number of halogens is 1. The summed E-state index contributed by atoms with van der Waals surface area (Å²) in [7, 11) is 0. The number of hydrogen-bond acceptors (Lipinski definition) is 1. The molecule has 4 aliphatic rings. The molecular weight excluding hydrogens is 348 g/mol. The molecule has 23 heavy (non-hydrogen) atoms. The molecule has 4 fully saturated rings. The van der Waals surface area contributed by atoms with E-state index in [2.05, 4.69) is 36.7 Å². The predicted octanol–water partition coefficient (Wildman–Crippen LogP) is 5.93. The van der Waals surface area contributed by atoms with Crippen LogP contribution < -0.4 is 0 Å². The molecule has 0 aromatic carbocycles.